The zero-order valence-corrected chi connectivity index (χ0v) is 19.0. The summed E-state index contributed by atoms with van der Waals surface area (Å²) < 4.78 is 31.7. The number of nitrogens with zero attached hydrogens (tertiary/aromatic N) is 6. The number of carbonyl (C=O) groups excluding carboxylic acids is 1. The van der Waals surface area contributed by atoms with E-state index in [0.717, 1.165) is 74.9 Å². The molecule has 0 atom stereocenters. The van der Waals surface area contributed by atoms with Gasteiger partial charge in [0.2, 0.25) is 5.95 Å². The number of hydrogen-bond acceptors (Lipinski definition) is 7. The Labute approximate surface area is 195 Å². The van der Waals surface area contributed by atoms with Crippen molar-refractivity contribution in [2.24, 2.45) is 0 Å². The number of carboxylic acids is 1. The van der Waals surface area contributed by atoms with Crippen molar-refractivity contribution in [3.63, 3.8) is 0 Å². The molecule has 1 fully saturated rings. The summed E-state index contributed by atoms with van der Waals surface area (Å²) >= 11 is 0. The maximum atomic E-state index is 13.1. The van der Waals surface area contributed by atoms with E-state index in [0.29, 0.717) is 0 Å². The molecule has 2 aliphatic rings. The molecule has 4 heterocycles. The number of alkyl halides is 3. The zero-order chi connectivity index (χ0) is 24.9. The van der Waals surface area contributed by atoms with Crippen molar-refractivity contribution in [2.75, 3.05) is 50.1 Å². The molecule has 0 saturated carbocycles. The maximum absolute atomic E-state index is 13.1. The normalized spacial score (nSPS) is 15.7. The molecule has 0 radical (unpaired) electrons. The summed E-state index contributed by atoms with van der Waals surface area (Å²) in [5.74, 6) is -1.12. The predicted octanol–water partition coefficient (Wildman–Crippen LogP) is 2.41. The van der Waals surface area contributed by atoms with Crippen molar-refractivity contribution in [3.8, 4) is 0 Å². The molecule has 184 valence electrons. The fourth-order valence-electron chi connectivity index (χ4n) is 3.87. The number of carboxylic acid groups (broad SMARTS) is 1. The number of likely N-dealkylation sites (tertiary alicyclic amines) is 1. The van der Waals surface area contributed by atoms with Crippen LogP contribution in [-0.2, 0) is 17.6 Å². The summed E-state index contributed by atoms with van der Waals surface area (Å²) in [5, 5.41) is 7.12. The van der Waals surface area contributed by atoms with Gasteiger partial charge >= 0.3 is 12.1 Å². The van der Waals surface area contributed by atoms with E-state index in [-0.39, 0.29) is 5.91 Å². The Morgan fingerprint density at radius 2 is 1.62 bits per heavy atom. The first-order chi connectivity index (χ1) is 16.1. The molecule has 0 aromatic carbocycles. The fourth-order valence-corrected chi connectivity index (χ4v) is 3.87. The highest BCUT2D eigenvalue weighted by Crippen LogP contribution is 2.26. The second-order valence-electron chi connectivity index (χ2n) is 8.20. The van der Waals surface area contributed by atoms with Crippen LogP contribution in [0.1, 0.15) is 34.5 Å². The summed E-state index contributed by atoms with van der Waals surface area (Å²) in [6.07, 6.45) is 2.31. The number of anilines is 2. The standard InChI is InChI=1S/C20H26N6O.C2HF3O2/c1-24(2)18-16(19(27)25-10-3-4-11-25)14-15-6-12-26(13-7-17(15)23-18)20-21-8-5-9-22-20;3-2(4,5)1(6)7/h5,8-9,14H,3-4,6-7,10-13H2,1-2H3;(H,6,7). The minimum Gasteiger partial charge on any atom is -0.475 e. The van der Waals surface area contributed by atoms with Crippen LogP contribution in [0.2, 0.25) is 0 Å². The number of fused-ring (bicyclic) bond motifs is 1. The summed E-state index contributed by atoms with van der Waals surface area (Å²) in [6.45, 7) is 3.36. The van der Waals surface area contributed by atoms with Gasteiger partial charge in [0.15, 0.2) is 0 Å². The van der Waals surface area contributed by atoms with E-state index in [1.54, 1.807) is 12.4 Å². The highest BCUT2D eigenvalue weighted by Gasteiger charge is 2.38. The van der Waals surface area contributed by atoms with Gasteiger partial charge in [0, 0.05) is 64.8 Å². The van der Waals surface area contributed by atoms with Crippen LogP contribution in [0.4, 0.5) is 24.9 Å². The molecule has 0 aliphatic carbocycles. The number of carbonyl (C=O) groups is 2. The smallest absolute Gasteiger partial charge is 0.475 e. The molecule has 2 aromatic heterocycles. The minimum atomic E-state index is -5.08. The summed E-state index contributed by atoms with van der Waals surface area (Å²) in [6, 6.07) is 3.91. The summed E-state index contributed by atoms with van der Waals surface area (Å²) in [7, 11) is 3.91. The molecule has 0 unspecified atom stereocenters. The van der Waals surface area contributed by atoms with E-state index in [2.05, 4.69) is 20.9 Å². The molecule has 4 rings (SSSR count). The van der Waals surface area contributed by atoms with Gasteiger partial charge in [0.05, 0.1) is 5.56 Å². The molecular formula is C22H27F3N6O3. The molecular weight excluding hydrogens is 453 g/mol. The van der Waals surface area contributed by atoms with Crippen molar-refractivity contribution in [1.29, 1.82) is 0 Å². The van der Waals surface area contributed by atoms with Crippen LogP contribution in [0.25, 0.3) is 0 Å². The molecule has 1 N–H and O–H groups in total. The van der Waals surface area contributed by atoms with Crippen LogP contribution in [0.3, 0.4) is 0 Å². The van der Waals surface area contributed by atoms with Crippen molar-refractivity contribution in [1.82, 2.24) is 19.9 Å². The Bertz CT molecular complexity index is 1010. The average Bonchev–Trinajstić information content (AvgIpc) is 3.25. The van der Waals surface area contributed by atoms with Gasteiger partial charge in [-0.15, -0.1) is 0 Å². The number of rotatable bonds is 3. The van der Waals surface area contributed by atoms with E-state index in [9.17, 15) is 18.0 Å². The number of hydrogen-bond donors (Lipinski definition) is 1. The Morgan fingerprint density at radius 1 is 1.03 bits per heavy atom. The first kappa shape index (κ1) is 25.2. The molecule has 12 heteroatoms. The Balaban J connectivity index is 0.000000406. The predicted molar refractivity (Wildman–Crippen MR) is 119 cm³/mol. The largest absolute Gasteiger partial charge is 0.490 e. The van der Waals surface area contributed by atoms with E-state index in [1.165, 1.54) is 5.56 Å². The fraction of sp³-hybridized carbons (Fsp3) is 0.500. The topological polar surface area (TPSA) is 103 Å². The van der Waals surface area contributed by atoms with E-state index >= 15 is 0 Å². The number of aromatic nitrogens is 3. The van der Waals surface area contributed by atoms with Gasteiger partial charge < -0.3 is 19.8 Å². The molecule has 2 aliphatic heterocycles. The first-order valence-corrected chi connectivity index (χ1v) is 10.9. The van der Waals surface area contributed by atoms with Gasteiger partial charge in [0.25, 0.3) is 5.91 Å². The summed E-state index contributed by atoms with van der Waals surface area (Å²) in [4.78, 5) is 41.7. The zero-order valence-electron chi connectivity index (χ0n) is 19.0. The average molecular weight is 480 g/mol. The number of aliphatic carboxylic acids is 1. The van der Waals surface area contributed by atoms with Gasteiger partial charge in [-0.05, 0) is 37.0 Å². The maximum Gasteiger partial charge on any atom is 0.490 e. The lowest BCUT2D eigenvalue weighted by molar-refractivity contribution is -0.192. The highest BCUT2D eigenvalue weighted by atomic mass is 19.4. The van der Waals surface area contributed by atoms with E-state index in [1.807, 2.05) is 30.0 Å². The highest BCUT2D eigenvalue weighted by molar-refractivity contribution is 5.99. The number of amides is 1. The van der Waals surface area contributed by atoms with Crippen molar-refractivity contribution in [3.05, 3.63) is 41.3 Å². The van der Waals surface area contributed by atoms with Gasteiger partial charge in [-0.25, -0.2) is 19.7 Å². The molecule has 0 spiro atoms. The van der Waals surface area contributed by atoms with Gasteiger partial charge in [-0.2, -0.15) is 13.2 Å². The third-order valence-electron chi connectivity index (χ3n) is 5.57. The van der Waals surface area contributed by atoms with E-state index in [4.69, 9.17) is 14.9 Å². The molecule has 1 amide bonds. The van der Waals surface area contributed by atoms with Crippen LogP contribution in [0.15, 0.2) is 24.5 Å². The lowest BCUT2D eigenvalue weighted by Crippen LogP contribution is -2.30. The third kappa shape index (κ3) is 6.12. The summed E-state index contributed by atoms with van der Waals surface area (Å²) in [5.41, 5.74) is 2.97. The van der Waals surface area contributed by atoms with Crippen molar-refractivity contribution in [2.45, 2.75) is 31.9 Å². The lowest BCUT2D eigenvalue weighted by atomic mass is 10.0. The first-order valence-electron chi connectivity index (χ1n) is 10.9. The van der Waals surface area contributed by atoms with Crippen LogP contribution < -0.4 is 9.80 Å². The monoisotopic (exact) mass is 480 g/mol. The lowest BCUT2D eigenvalue weighted by Gasteiger charge is -2.22. The molecule has 34 heavy (non-hydrogen) atoms. The van der Waals surface area contributed by atoms with Crippen LogP contribution in [0.5, 0.6) is 0 Å². The Morgan fingerprint density at radius 3 is 2.18 bits per heavy atom. The van der Waals surface area contributed by atoms with E-state index < -0.39 is 12.1 Å². The molecule has 2 aromatic rings. The Kier molecular flexibility index (Phi) is 7.90. The number of pyridine rings is 1. The third-order valence-corrected chi connectivity index (χ3v) is 5.57. The second kappa shape index (κ2) is 10.7. The minimum absolute atomic E-state index is 0.110. The van der Waals surface area contributed by atoms with Crippen LogP contribution >= 0.6 is 0 Å². The van der Waals surface area contributed by atoms with Crippen LogP contribution in [-0.4, -0.2) is 83.3 Å². The number of halogens is 3. The second-order valence-corrected chi connectivity index (χ2v) is 8.20. The van der Waals surface area contributed by atoms with Crippen molar-refractivity contribution < 1.29 is 27.9 Å². The van der Waals surface area contributed by atoms with Crippen molar-refractivity contribution >= 4 is 23.6 Å². The Hall–Kier alpha value is -3.44. The SMILES string of the molecule is CN(C)c1nc2c(cc1C(=O)N1CCCC1)CCN(c1ncccn1)CC2.O=C(O)C(F)(F)F. The molecule has 0 bridgehead atoms. The van der Waals surface area contributed by atoms with Crippen LogP contribution in [0, 0.1) is 0 Å². The molecule has 1 saturated heterocycles. The van der Waals surface area contributed by atoms with Gasteiger partial charge in [-0.1, -0.05) is 0 Å². The molecule has 9 nitrogen and oxygen atoms in total. The van der Waals surface area contributed by atoms with Gasteiger partial charge in [0.1, 0.15) is 5.82 Å². The van der Waals surface area contributed by atoms with Gasteiger partial charge in [-0.3, -0.25) is 4.79 Å². The quantitative estimate of drug-likeness (QED) is 0.715.